The Hall–Kier alpha value is -3.31. The van der Waals surface area contributed by atoms with Gasteiger partial charge in [0.25, 0.3) is 0 Å². The molecule has 2 aromatic carbocycles. The standard InChI is InChI=1S/C19H16BrN5O2/c1-26-17-8-14(6-7-15(17)18-10-22-12-27-18)25-19(24-11-21)23-9-13-4-2-3-5-16(13)20/h2-8,10,12H,9H2,1H3,(H2,23,24,25). The lowest BCUT2D eigenvalue weighted by Crippen LogP contribution is -2.26. The molecule has 0 spiro atoms. The second-order valence-corrected chi connectivity index (χ2v) is 6.25. The number of aromatic nitrogens is 1. The number of ether oxygens (including phenoxy) is 1. The predicted molar refractivity (Wildman–Crippen MR) is 106 cm³/mol. The number of nitrogens with zero attached hydrogens (tertiary/aromatic N) is 3. The van der Waals surface area contributed by atoms with Crippen LogP contribution in [0.4, 0.5) is 5.69 Å². The first kappa shape index (κ1) is 18.5. The molecule has 0 amide bonds. The van der Waals surface area contributed by atoms with Gasteiger partial charge in [0, 0.05) is 16.2 Å². The molecule has 1 aromatic heterocycles. The van der Waals surface area contributed by atoms with Crippen molar-refractivity contribution in [1.82, 2.24) is 10.3 Å². The first-order valence-corrected chi connectivity index (χ1v) is 8.77. The molecule has 136 valence electrons. The Balaban J connectivity index is 1.81. The van der Waals surface area contributed by atoms with Crippen LogP contribution in [0.2, 0.25) is 0 Å². The Labute approximate surface area is 164 Å². The van der Waals surface area contributed by atoms with E-state index in [2.05, 4.69) is 36.5 Å². The number of nitrogens with one attached hydrogen (secondary N) is 2. The van der Waals surface area contributed by atoms with E-state index in [-0.39, 0.29) is 0 Å². The van der Waals surface area contributed by atoms with Gasteiger partial charge in [-0.1, -0.05) is 34.1 Å². The summed E-state index contributed by atoms with van der Waals surface area (Å²) in [7, 11) is 1.58. The van der Waals surface area contributed by atoms with E-state index >= 15 is 0 Å². The molecule has 0 fully saturated rings. The zero-order chi connectivity index (χ0) is 19.1. The molecule has 0 saturated carbocycles. The number of anilines is 1. The Morgan fingerprint density at radius 2 is 2.19 bits per heavy atom. The SMILES string of the molecule is COc1cc(NC(=NCc2ccccc2Br)NC#N)ccc1-c1cnco1. The number of oxazole rings is 1. The second kappa shape index (κ2) is 8.87. The van der Waals surface area contributed by atoms with Crippen molar-refractivity contribution in [1.29, 1.82) is 5.26 Å². The molecule has 7 nitrogen and oxygen atoms in total. The third kappa shape index (κ3) is 4.65. The van der Waals surface area contributed by atoms with Crippen molar-refractivity contribution in [2.75, 3.05) is 12.4 Å². The summed E-state index contributed by atoms with van der Waals surface area (Å²) in [4.78, 5) is 8.36. The van der Waals surface area contributed by atoms with Crippen LogP contribution in [0, 0.1) is 11.5 Å². The largest absolute Gasteiger partial charge is 0.496 e. The molecular formula is C19H16BrN5O2. The first-order chi connectivity index (χ1) is 13.2. The molecule has 0 aliphatic rings. The van der Waals surface area contributed by atoms with Gasteiger partial charge in [-0.05, 0) is 23.8 Å². The van der Waals surface area contributed by atoms with Gasteiger partial charge < -0.3 is 14.5 Å². The minimum Gasteiger partial charge on any atom is -0.496 e. The molecule has 8 heteroatoms. The van der Waals surface area contributed by atoms with Crippen LogP contribution in [-0.2, 0) is 6.54 Å². The lowest BCUT2D eigenvalue weighted by atomic mass is 10.1. The molecular weight excluding hydrogens is 410 g/mol. The number of hydrogen-bond acceptors (Lipinski definition) is 5. The number of rotatable bonds is 5. The Bertz CT molecular complexity index is 980. The van der Waals surface area contributed by atoms with Crippen LogP contribution < -0.4 is 15.4 Å². The average Bonchev–Trinajstić information content (AvgIpc) is 3.22. The molecule has 0 radical (unpaired) electrons. The maximum absolute atomic E-state index is 9.00. The van der Waals surface area contributed by atoms with Gasteiger partial charge in [0.05, 0.1) is 25.4 Å². The highest BCUT2D eigenvalue weighted by molar-refractivity contribution is 9.10. The number of methoxy groups -OCH3 is 1. The number of guanidine groups is 1. The number of hydrogen-bond donors (Lipinski definition) is 2. The van der Waals surface area contributed by atoms with Gasteiger partial charge in [-0.15, -0.1) is 0 Å². The van der Waals surface area contributed by atoms with E-state index in [1.165, 1.54) is 6.39 Å². The summed E-state index contributed by atoms with van der Waals surface area (Å²) in [6.45, 7) is 0.408. The fourth-order valence-corrected chi connectivity index (χ4v) is 2.82. The van der Waals surface area contributed by atoms with Gasteiger partial charge in [0.1, 0.15) is 5.75 Å². The average molecular weight is 426 g/mol. The normalized spacial score (nSPS) is 10.9. The molecule has 0 atom stereocenters. The summed E-state index contributed by atoms with van der Waals surface area (Å²) in [6.07, 6.45) is 4.87. The van der Waals surface area contributed by atoms with E-state index < -0.39 is 0 Å². The first-order valence-electron chi connectivity index (χ1n) is 7.98. The molecule has 0 aliphatic heterocycles. The predicted octanol–water partition coefficient (Wildman–Crippen LogP) is 4.15. The highest BCUT2D eigenvalue weighted by Crippen LogP contribution is 2.32. The van der Waals surface area contributed by atoms with Crippen LogP contribution >= 0.6 is 15.9 Å². The lowest BCUT2D eigenvalue weighted by Gasteiger charge is -2.12. The van der Waals surface area contributed by atoms with E-state index in [1.54, 1.807) is 19.4 Å². The highest BCUT2D eigenvalue weighted by Gasteiger charge is 2.11. The topological polar surface area (TPSA) is 95.5 Å². The summed E-state index contributed by atoms with van der Waals surface area (Å²) in [5.74, 6) is 1.55. The zero-order valence-corrected chi connectivity index (χ0v) is 16.0. The van der Waals surface area contributed by atoms with Crippen molar-refractivity contribution < 1.29 is 9.15 Å². The molecule has 1 heterocycles. The molecule has 3 aromatic rings. The quantitative estimate of drug-likeness (QED) is 0.276. The summed E-state index contributed by atoms with van der Waals surface area (Å²) in [6, 6.07) is 13.3. The van der Waals surface area contributed by atoms with Gasteiger partial charge in [0.15, 0.2) is 18.3 Å². The fourth-order valence-electron chi connectivity index (χ4n) is 2.41. The van der Waals surface area contributed by atoms with Crippen molar-refractivity contribution in [3.05, 3.63) is 65.1 Å². The third-order valence-corrected chi connectivity index (χ3v) is 4.48. The monoisotopic (exact) mass is 425 g/mol. The van der Waals surface area contributed by atoms with E-state index in [0.717, 1.165) is 15.6 Å². The summed E-state index contributed by atoms with van der Waals surface area (Å²) >= 11 is 3.49. The third-order valence-electron chi connectivity index (χ3n) is 3.70. The maximum atomic E-state index is 9.00. The van der Waals surface area contributed by atoms with Crippen molar-refractivity contribution in [3.8, 4) is 23.3 Å². The molecule has 3 rings (SSSR count). The van der Waals surface area contributed by atoms with E-state index in [1.807, 2.05) is 42.6 Å². The van der Waals surface area contributed by atoms with Crippen LogP contribution in [0.15, 0.2) is 68.9 Å². The summed E-state index contributed by atoms with van der Waals surface area (Å²) in [5, 5.41) is 14.7. The van der Waals surface area contributed by atoms with Crippen molar-refractivity contribution in [2.45, 2.75) is 6.54 Å². The minimum absolute atomic E-state index is 0.336. The van der Waals surface area contributed by atoms with Gasteiger partial charge >= 0.3 is 0 Å². The number of benzene rings is 2. The molecule has 0 unspecified atom stereocenters. The Morgan fingerprint density at radius 3 is 2.89 bits per heavy atom. The van der Waals surface area contributed by atoms with Gasteiger partial charge in [-0.3, -0.25) is 5.32 Å². The molecule has 27 heavy (non-hydrogen) atoms. The van der Waals surface area contributed by atoms with E-state index in [0.29, 0.717) is 29.7 Å². The fraction of sp³-hybridized carbons (Fsp3) is 0.105. The van der Waals surface area contributed by atoms with Crippen LogP contribution in [0.25, 0.3) is 11.3 Å². The highest BCUT2D eigenvalue weighted by atomic mass is 79.9. The van der Waals surface area contributed by atoms with Crippen molar-refractivity contribution >= 4 is 27.6 Å². The minimum atomic E-state index is 0.336. The van der Waals surface area contributed by atoms with Gasteiger partial charge in [-0.2, -0.15) is 5.26 Å². The van der Waals surface area contributed by atoms with Gasteiger partial charge in [-0.25, -0.2) is 9.98 Å². The van der Waals surface area contributed by atoms with Crippen molar-refractivity contribution in [2.24, 2.45) is 4.99 Å². The number of aliphatic imine (C=N–C) groups is 1. The van der Waals surface area contributed by atoms with Crippen molar-refractivity contribution in [3.63, 3.8) is 0 Å². The van der Waals surface area contributed by atoms with Crippen LogP contribution in [-0.4, -0.2) is 18.1 Å². The molecule has 0 saturated heterocycles. The van der Waals surface area contributed by atoms with Crippen LogP contribution in [0.3, 0.4) is 0 Å². The van der Waals surface area contributed by atoms with Gasteiger partial charge in [0.2, 0.25) is 5.96 Å². The number of halogens is 1. The van der Waals surface area contributed by atoms with Crippen LogP contribution in [0.5, 0.6) is 5.75 Å². The van der Waals surface area contributed by atoms with Crippen LogP contribution in [0.1, 0.15) is 5.56 Å². The maximum Gasteiger partial charge on any atom is 0.209 e. The lowest BCUT2D eigenvalue weighted by molar-refractivity contribution is 0.415. The molecule has 2 N–H and O–H groups in total. The Kier molecular flexibility index (Phi) is 6.07. The summed E-state index contributed by atoms with van der Waals surface area (Å²) in [5.41, 5.74) is 2.50. The molecule has 0 bridgehead atoms. The number of nitriles is 1. The second-order valence-electron chi connectivity index (χ2n) is 5.40. The smallest absolute Gasteiger partial charge is 0.209 e. The zero-order valence-electron chi connectivity index (χ0n) is 14.4. The summed E-state index contributed by atoms with van der Waals surface area (Å²) < 4.78 is 11.7. The molecule has 0 aliphatic carbocycles. The Morgan fingerprint density at radius 1 is 1.33 bits per heavy atom. The van der Waals surface area contributed by atoms with E-state index in [4.69, 9.17) is 14.4 Å². The van der Waals surface area contributed by atoms with E-state index in [9.17, 15) is 0 Å².